The summed E-state index contributed by atoms with van der Waals surface area (Å²) in [6.07, 6.45) is 1.72. The molecule has 0 saturated carbocycles. The smallest absolute Gasteiger partial charge is 0.417 e. The van der Waals surface area contributed by atoms with Gasteiger partial charge >= 0.3 is 11.7 Å². The molecule has 3 N–H and O–H groups in total. The third-order valence-electron chi connectivity index (χ3n) is 2.81. The summed E-state index contributed by atoms with van der Waals surface area (Å²) in [6, 6.07) is 5.52. The van der Waals surface area contributed by atoms with Gasteiger partial charge < -0.3 is 14.8 Å². The molecule has 0 spiro atoms. The van der Waals surface area contributed by atoms with Crippen LogP contribution >= 0.6 is 0 Å². The Morgan fingerprint density at radius 2 is 2.21 bits per heavy atom. The highest BCUT2D eigenvalue weighted by Crippen LogP contribution is 2.11. The Morgan fingerprint density at radius 1 is 1.37 bits per heavy atom. The number of rotatable bonds is 7. The Balaban J connectivity index is 1.78. The first-order valence-electron chi connectivity index (χ1n) is 6.19. The van der Waals surface area contributed by atoms with Gasteiger partial charge in [0, 0.05) is 13.0 Å². The van der Waals surface area contributed by atoms with Crippen LogP contribution < -0.4 is 11.1 Å². The minimum absolute atomic E-state index is 0.212. The molecule has 0 atom stereocenters. The number of aromatic nitrogens is 1. The van der Waals surface area contributed by atoms with Crippen molar-refractivity contribution in [1.82, 2.24) is 10.3 Å². The van der Waals surface area contributed by atoms with Crippen LogP contribution in [0.1, 0.15) is 24.8 Å². The normalized spacial score (nSPS) is 10.9. The van der Waals surface area contributed by atoms with Crippen molar-refractivity contribution in [3.63, 3.8) is 0 Å². The minimum atomic E-state index is -0.755. The summed E-state index contributed by atoms with van der Waals surface area (Å²) < 4.78 is 4.92. The van der Waals surface area contributed by atoms with E-state index < -0.39 is 11.7 Å². The molecule has 0 aliphatic carbocycles. The van der Waals surface area contributed by atoms with Crippen LogP contribution in [0.25, 0.3) is 11.1 Å². The van der Waals surface area contributed by atoms with Crippen LogP contribution in [0.5, 0.6) is 0 Å². The first-order valence-corrected chi connectivity index (χ1v) is 6.19. The number of unbranched alkanes of at least 4 members (excludes halogenated alkanes) is 1. The number of aromatic amines is 1. The number of nitrogens with one attached hydrogen (secondary N) is 2. The summed E-state index contributed by atoms with van der Waals surface area (Å²) in [7, 11) is 0. The van der Waals surface area contributed by atoms with Gasteiger partial charge in [0.25, 0.3) is 0 Å². The third-order valence-corrected chi connectivity index (χ3v) is 2.81. The summed E-state index contributed by atoms with van der Waals surface area (Å²) in [4.78, 5) is 23.9. The average Bonchev–Trinajstić information content (AvgIpc) is 2.72. The fourth-order valence-corrected chi connectivity index (χ4v) is 1.87. The zero-order valence-electron chi connectivity index (χ0n) is 10.4. The molecule has 0 saturated heterocycles. The molecule has 0 fully saturated rings. The average molecular weight is 264 g/mol. The van der Waals surface area contributed by atoms with Crippen molar-refractivity contribution in [2.45, 2.75) is 25.8 Å². The van der Waals surface area contributed by atoms with Gasteiger partial charge in [0.15, 0.2) is 5.58 Å². The Hall–Kier alpha value is -2.08. The molecule has 0 aliphatic rings. The summed E-state index contributed by atoms with van der Waals surface area (Å²) in [6.45, 7) is 1.45. The fraction of sp³-hybridized carbons (Fsp3) is 0.385. The highest BCUT2D eigenvalue weighted by Gasteiger charge is 2.02. The van der Waals surface area contributed by atoms with Crippen molar-refractivity contribution >= 4 is 17.1 Å². The van der Waals surface area contributed by atoms with Crippen LogP contribution in [0, 0.1) is 0 Å². The molecule has 0 aliphatic heterocycles. The molecule has 0 amide bonds. The van der Waals surface area contributed by atoms with Crippen molar-refractivity contribution < 1.29 is 14.3 Å². The highest BCUT2D eigenvalue weighted by molar-refractivity contribution is 5.72. The molecular formula is C13H16N2O4. The Kier molecular flexibility index (Phi) is 4.35. The number of H-pyrrole nitrogens is 1. The number of carboxylic acids is 1. The number of aliphatic carboxylic acids is 1. The van der Waals surface area contributed by atoms with Crippen molar-refractivity contribution in [2.75, 3.05) is 6.54 Å². The largest absolute Gasteiger partial charge is 0.481 e. The van der Waals surface area contributed by atoms with E-state index in [2.05, 4.69) is 10.3 Å². The molecule has 1 heterocycles. The molecule has 0 bridgehead atoms. The summed E-state index contributed by atoms with van der Waals surface area (Å²) in [5.74, 6) is -1.21. The Labute approximate surface area is 109 Å². The van der Waals surface area contributed by atoms with Gasteiger partial charge in [-0.15, -0.1) is 0 Å². The van der Waals surface area contributed by atoms with E-state index in [1.54, 1.807) is 6.07 Å². The standard InChI is InChI=1S/C13H16N2O4/c16-12(17)3-1-2-6-14-8-9-4-5-11-10(7-9)15-13(18)19-11/h4-5,7,14H,1-3,6,8H2,(H,15,18)(H,16,17). The quantitative estimate of drug-likeness (QED) is 0.658. The van der Waals surface area contributed by atoms with Gasteiger partial charge in [0.05, 0.1) is 5.52 Å². The van der Waals surface area contributed by atoms with E-state index in [1.165, 1.54) is 0 Å². The van der Waals surface area contributed by atoms with Crippen LogP contribution in [-0.4, -0.2) is 22.6 Å². The number of carbonyl (C=O) groups is 1. The van der Waals surface area contributed by atoms with Crippen LogP contribution in [0.4, 0.5) is 0 Å². The van der Waals surface area contributed by atoms with E-state index in [0.29, 0.717) is 24.1 Å². The zero-order valence-corrected chi connectivity index (χ0v) is 10.4. The molecular weight excluding hydrogens is 248 g/mol. The Morgan fingerprint density at radius 3 is 3.00 bits per heavy atom. The van der Waals surface area contributed by atoms with E-state index in [4.69, 9.17) is 9.52 Å². The second-order valence-corrected chi connectivity index (χ2v) is 4.37. The van der Waals surface area contributed by atoms with Crippen LogP contribution in [-0.2, 0) is 11.3 Å². The van der Waals surface area contributed by atoms with Gasteiger partial charge in [0.2, 0.25) is 0 Å². The lowest BCUT2D eigenvalue weighted by atomic mass is 10.2. The lowest BCUT2D eigenvalue weighted by molar-refractivity contribution is -0.137. The maximum Gasteiger partial charge on any atom is 0.417 e. The maximum atomic E-state index is 11.0. The SMILES string of the molecule is O=C(O)CCCCNCc1ccc2oc(=O)[nH]c2c1. The van der Waals surface area contributed by atoms with E-state index in [9.17, 15) is 9.59 Å². The van der Waals surface area contributed by atoms with Crippen molar-refractivity contribution in [2.24, 2.45) is 0 Å². The van der Waals surface area contributed by atoms with Crippen LogP contribution in [0.2, 0.25) is 0 Å². The lowest BCUT2D eigenvalue weighted by Crippen LogP contribution is -2.14. The van der Waals surface area contributed by atoms with Crippen LogP contribution in [0.3, 0.4) is 0 Å². The van der Waals surface area contributed by atoms with E-state index in [-0.39, 0.29) is 6.42 Å². The molecule has 6 heteroatoms. The highest BCUT2D eigenvalue weighted by atomic mass is 16.4. The zero-order chi connectivity index (χ0) is 13.7. The van der Waals surface area contributed by atoms with E-state index in [0.717, 1.165) is 18.5 Å². The molecule has 1 aromatic heterocycles. The van der Waals surface area contributed by atoms with Crippen LogP contribution in [0.15, 0.2) is 27.4 Å². The number of hydrogen-bond acceptors (Lipinski definition) is 4. The van der Waals surface area contributed by atoms with Crippen molar-refractivity contribution in [1.29, 1.82) is 0 Å². The van der Waals surface area contributed by atoms with E-state index >= 15 is 0 Å². The second-order valence-electron chi connectivity index (χ2n) is 4.37. The van der Waals surface area contributed by atoms with Gasteiger partial charge in [-0.2, -0.15) is 0 Å². The second kappa shape index (κ2) is 6.19. The summed E-state index contributed by atoms with van der Waals surface area (Å²) in [5, 5.41) is 11.7. The van der Waals surface area contributed by atoms with Gasteiger partial charge in [-0.05, 0) is 37.1 Å². The predicted molar refractivity (Wildman–Crippen MR) is 70.0 cm³/mol. The molecule has 102 valence electrons. The molecule has 2 aromatic rings. The first-order chi connectivity index (χ1) is 9.15. The number of oxazole rings is 1. The first kappa shape index (κ1) is 13.4. The van der Waals surface area contributed by atoms with Crippen molar-refractivity contribution in [3.8, 4) is 0 Å². The minimum Gasteiger partial charge on any atom is -0.481 e. The number of benzene rings is 1. The predicted octanol–water partition coefficient (Wildman–Crippen LogP) is 1.47. The Bertz CT molecular complexity index is 614. The van der Waals surface area contributed by atoms with Crippen molar-refractivity contribution in [3.05, 3.63) is 34.3 Å². The molecule has 1 aromatic carbocycles. The van der Waals surface area contributed by atoms with Gasteiger partial charge in [-0.25, -0.2) is 4.79 Å². The molecule has 0 radical (unpaired) electrons. The topological polar surface area (TPSA) is 95.3 Å². The maximum absolute atomic E-state index is 11.0. The molecule has 2 rings (SSSR count). The van der Waals surface area contributed by atoms with Gasteiger partial charge in [-0.3, -0.25) is 9.78 Å². The summed E-state index contributed by atoms with van der Waals surface area (Å²) in [5.41, 5.74) is 2.29. The van der Waals surface area contributed by atoms with E-state index in [1.807, 2.05) is 12.1 Å². The summed E-state index contributed by atoms with van der Waals surface area (Å²) >= 11 is 0. The molecule has 0 unspecified atom stereocenters. The monoisotopic (exact) mass is 264 g/mol. The number of carboxylic acid groups (broad SMARTS) is 1. The lowest BCUT2D eigenvalue weighted by Gasteiger charge is -2.04. The number of fused-ring (bicyclic) bond motifs is 1. The van der Waals surface area contributed by atoms with Gasteiger partial charge in [-0.1, -0.05) is 6.07 Å². The van der Waals surface area contributed by atoms with Gasteiger partial charge in [0.1, 0.15) is 0 Å². The molecule has 19 heavy (non-hydrogen) atoms. The number of hydrogen-bond donors (Lipinski definition) is 3. The molecule has 6 nitrogen and oxygen atoms in total. The third kappa shape index (κ3) is 3.96. The fourth-order valence-electron chi connectivity index (χ4n) is 1.87.